The lowest BCUT2D eigenvalue weighted by Gasteiger charge is -2.01. The predicted molar refractivity (Wildman–Crippen MR) is 110 cm³/mol. The van der Waals surface area contributed by atoms with Crippen molar-refractivity contribution in [2.75, 3.05) is 0 Å². The highest BCUT2D eigenvalue weighted by molar-refractivity contribution is 8.01. The Morgan fingerprint density at radius 1 is 0.630 bits per heavy atom. The third-order valence-corrected chi connectivity index (χ3v) is 5.32. The Morgan fingerprint density at radius 3 is 1.89 bits per heavy atom. The van der Waals surface area contributed by atoms with E-state index in [0.29, 0.717) is 0 Å². The largest absolute Gasteiger partial charge is 0.308 e. The summed E-state index contributed by atoms with van der Waals surface area (Å²) in [6.07, 6.45) is 19.9. The minimum atomic E-state index is 0.859. The zero-order valence-corrected chi connectivity index (χ0v) is 14.8. The third-order valence-electron chi connectivity index (χ3n) is 4.50. The Morgan fingerprint density at radius 2 is 1.22 bits per heavy atom. The second kappa shape index (κ2) is 5.60. The van der Waals surface area contributed by atoms with Crippen LogP contribution in [0, 0.1) is 0 Å². The minimum absolute atomic E-state index is 0.859. The molecular weight excluding hydrogens is 356 g/mol. The van der Waals surface area contributed by atoms with Crippen LogP contribution in [0.3, 0.4) is 0 Å². The molecule has 0 spiro atoms. The van der Waals surface area contributed by atoms with Crippen LogP contribution in [-0.2, 0) is 0 Å². The molecule has 0 amide bonds. The maximum absolute atomic E-state index is 4.79. The molecule has 6 nitrogen and oxygen atoms in total. The van der Waals surface area contributed by atoms with Crippen LogP contribution in [-0.4, -0.2) is 22.8 Å². The Balaban J connectivity index is 1.53. The maximum atomic E-state index is 4.79. The van der Waals surface area contributed by atoms with Gasteiger partial charge < -0.3 is 5.43 Å². The van der Waals surface area contributed by atoms with E-state index in [1.165, 1.54) is 11.9 Å². The molecule has 6 aliphatic heterocycles. The standard InChI is InChI=1S/C20H12N6S/c1-2-12-8-14-4-6-16(23-14)10-18-20-19(25-26-27-20)17(24-18)9-15-5-3-13(22-15)7-11(1)21-12/h1-10,25-26H. The summed E-state index contributed by atoms with van der Waals surface area (Å²) in [5, 5.41) is 0. The van der Waals surface area contributed by atoms with Gasteiger partial charge >= 0.3 is 0 Å². The molecule has 0 atom stereocenters. The van der Waals surface area contributed by atoms with E-state index >= 15 is 0 Å². The van der Waals surface area contributed by atoms with Crippen LogP contribution in [0.4, 0.5) is 0 Å². The van der Waals surface area contributed by atoms with E-state index in [1.807, 2.05) is 60.8 Å². The number of nitrogens with one attached hydrogen (secondary N) is 2. The van der Waals surface area contributed by atoms with E-state index in [0.717, 1.165) is 56.2 Å². The molecule has 0 saturated heterocycles. The number of allylic oxidation sites excluding steroid dienone is 10. The number of hydrazine groups is 1. The van der Waals surface area contributed by atoms with Crippen LogP contribution >= 0.6 is 11.9 Å². The molecule has 7 heteroatoms. The lowest BCUT2D eigenvalue weighted by Crippen LogP contribution is -2.22. The molecule has 0 radical (unpaired) electrons. The van der Waals surface area contributed by atoms with Crippen molar-refractivity contribution in [3.05, 3.63) is 94.2 Å². The maximum Gasteiger partial charge on any atom is 0.0927 e. The lowest BCUT2D eigenvalue weighted by molar-refractivity contribution is 0.869. The second-order valence-corrected chi connectivity index (χ2v) is 7.19. The Labute approximate surface area is 159 Å². The van der Waals surface area contributed by atoms with E-state index in [-0.39, 0.29) is 0 Å². The van der Waals surface area contributed by atoms with Crippen molar-refractivity contribution >= 4 is 34.8 Å². The molecular formula is C20H12N6S. The van der Waals surface area contributed by atoms with Crippen LogP contribution < -0.4 is 10.3 Å². The molecule has 0 aliphatic carbocycles. The van der Waals surface area contributed by atoms with Crippen molar-refractivity contribution < 1.29 is 0 Å². The Bertz CT molecular complexity index is 1170. The highest BCUT2D eigenvalue weighted by Gasteiger charge is 2.28. The van der Waals surface area contributed by atoms with Gasteiger partial charge in [0, 0.05) is 0 Å². The zero-order valence-electron chi connectivity index (χ0n) is 14.0. The summed E-state index contributed by atoms with van der Waals surface area (Å²) in [6.45, 7) is 0. The van der Waals surface area contributed by atoms with Gasteiger partial charge in [-0.1, -0.05) is 0 Å². The van der Waals surface area contributed by atoms with Crippen molar-refractivity contribution in [2.45, 2.75) is 0 Å². The van der Waals surface area contributed by atoms with Gasteiger partial charge in [-0.05, 0) is 72.7 Å². The average molecular weight is 368 g/mol. The van der Waals surface area contributed by atoms with Gasteiger partial charge in [-0.2, -0.15) is 4.83 Å². The van der Waals surface area contributed by atoms with Crippen LogP contribution in [0.25, 0.3) is 0 Å². The van der Waals surface area contributed by atoms with Crippen LogP contribution in [0.2, 0.25) is 0 Å². The van der Waals surface area contributed by atoms with E-state index in [9.17, 15) is 0 Å². The fourth-order valence-corrected chi connectivity index (χ4v) is 4.01. The van der Waals surface area contributed by atoms with Gasteiger partial charge in [-0.3, -0.25) is 0 Å². The van der Waals surface area contributed by atoms with Crippen molar-refractivity contribution in [2.24, 2.45) is 20.0 Å². The van der Waals surface area contributed by atoms with Gasteiger partial charge in [0.1, 0.15) is 0 Å². The zero-order chi connectivity index (χ0) is 17.8. The molecule has 2 N–H and O–H groups in total. The molecule has 0 unspecified atom stereocenters. The molecule has 128 valence electrons. The SMILES string of the molecule is C1=CC2=NC1=CC1=NC(=CC3=NC(=CC4=NC(=C2)C=C4)C2=C3NNS2)C=C1. The quantitative estimate of drug-likeness (QED) is 0.646. The van der Waals surface area contributed by atoms with E-state index in [2.05, 4.69) is 25.2 Å². The molecule has 6 rings (SSSR count). The minimum Gasteiger partial charge on any atom is -0.308 e. The van der Waals surface area contributed by atoms with Gasteiger partial charge in [0.05, 0.1) is 56.2 Å². The first-order valence-corrected chi connectivity index (χ1v) is 9.31. The number of rotatable bonds is 0. The summed E-state index contributed by atoms with van der Waals surface area (Å²) in [5.74, 6) is 0. The molecule has 27 heavy (non-hydrogen) atoms. The molecule has 0 saturated carbocycles. The number of hydrogen-bond acceptors (Lipinski definition) is 7. The lowest BCUT2D eigenvalue weighted by atomic mass is 10.2. The van der Waals surface area contributed by atoms with Gasteiger partial charge in [0.25, 0.3) is 0 Å². The van der Waals surface area contributed by atoms with Crippen LogP contribution in [0.1, 0.15) is 0 Å². The number of hydrogen-bond donors (Lipinski definition) is 2. The fraction of sp³-hybridized carbons (Fsp3) is 0. The first kappa shape index (κ1) is 14.8. The summed E-state index contributed by atoms with van der Waals surface area (Å²) in [5.41, 5.74) is 11.2. The third kappa shape index (κ3) is 2.56. The summed E-state index contributed by atoms with van der Waals surface area (Å²) in [6, 6.07) is 0. The van der Waals surface area contributed by atoms with E-state index in [4.69, 9.17) is 4.99 Å². The summed E-state index contributed by atoms with van der Waals surface area (Å²) >= 11 is 1.52. The fourth-order valence-electron chi connectivity index (χ4n) is 3.28. The molecule has 0 aromatic rings. The smallest absolute Gasteiger partial charge is 0.0927 e. The average Bonchev–Trinajstić information content (AvgIpc) is 3.42. The summed E-state index contributed by atoms with van der Waals surface area (Å²) in [4.78, 5) is 22.9. The van der Waals surface area contributed by atoms with Gasteiger partial charge in [0.2, 0.25) is 0 Å². The highest BCUT2D eigenvalue weighted by atomic mass is 32.2. The van der Waals surface area contributed by atoms with Crippen molar-refractivity contribution in [1.82, 2.24) is 10.3 Å². The van der Waals surface area contributed by atoms with Gasteiger partial charge in [-0.15, -0.1) is 0 Å². The Hall–Kier alpha value is -3.29. The van der Waals surface area contributed by atoms with E-state index in [1.54, 1.807) is 0 Å². The van der Waals surface area contributed by atoms with Gasteiger partial charge in [0.15, 0.2) is 0 Å². The number of aliphatic imine (C=N–C) groups is 4. The molecule has 6 aliphatic rings. The van der Waals surface area contributed by atoms with Gasteiger partial charge in [-0.25, -0.2) is 20.0 Å². The molecule has 8 bridgehead atoms. The molecule has 0 aromatic carbocycles. The predicted octanol–water partition coefficient (Wildman–Crippen LogP) is 2.99. The number of fused-ring (bicyclic) bond motifs is 6. The van der Waals surface area contributed by atoms with Crippen molar-refractivity contribution in [3.8, 4) is 0 Å². The first-order valence-electron chi connectivity index (χ1n) is 8.49. The molecule has 0 aromatic heterocycles. The normalized spacial score (nSPS) is 24.0. The topological polar surface area (TPSA) is 73.5 Å². The summed E-state index contributed by atoms with van der Waals surface area (Å²) < 4.78 is 0. The monoisotopic (exact) mass is 368 g/mol. The molecule has 0 fully saturated rings. The highest BCUT2D eigenvalue weighted by Crippen LogP contribution is 2.36. The Kier molecular flexibility index (Phi) is 3.08. The first-order chi connectivity index (χ1) is 13.3. The van der Waals surface area contributed by atoms with Crippen molar-refractivity contribution in [3.63, 3.8) is 0 Å². The van der Waals surface area contributed by atoms with Crippen LogP contribution in [0.15, 0.2) is 114 Å². The second-order valence-electron chi connectivity index (χ2n) is 6.38. The number of nitrogens with zero attached hydrogens (tertiary/aromatic N) is 4. The van der Waals surface area contributed by atoms with Crippen molar-refractivity contribution in [1.29, 1.82) is 0 Å². The van der Waals surface area contributed by atoms with Crippen LogP contribution in [0.5, 0.6) is 0 Å². The molecule has 6 heterocycles. The summed E-state index contributed by atoms with van der Waals surface area (Å²) in [7, 11) is 0. The van der Waals surface area contributed by atoms with E-state index < -0.39 is 0 Å².